The van der Waals surface area contributed by atoms with Crippen molar-refractivity contribution in [2.75, 3.05) is 37.6 Å². The first-order chi connectivity index (χ1) is 12.1. The lowest BCUT2D eigenvalue weighted by atomic mass is 9.89. The Hall–Kier alpha value is -1.73. The molecule has 0 radical (unpaired) electrons. The number of rotatable bonds is 3. The van der Waals surface area contributed by atoms with Crippen molar-refractivity contribution in [2.45, 2.75) is 32.6 Å². The maximum absolute atomic E-state index is 11.2. The van der Waals surface area contributed by atoms with Crippen molar-refractivity contribution in [3.05, 3.63) is 16.8 Å². The molecule has 0 unspecified atom stereocenters. The molecular weight excluding hydrogens is 334 g/mol. The van der Waals surface area contributed by atoms with Crippen LogP contribution in [0.15, 0.2) is 6.33 Å². The van der Waals surface area contributed by atoms with Crippen LogP contribution in [0.4, 0.5) is 5.82 Å². The molecule has 1 amide bonds. The normalized spacial score (nSPS) is 22.0. The molecule has 0 aromatic carbocycles. The number of aryl methyl sites for hydroxylation is 1. The van der Waals surface area contributed by atoms with Gasteiger partial charge in [0.15, 0.2) is 0 Å². The van der Waals surface area contributed by atoms with Gasteiger partial charge in [-0.05, 0) is 37.2 Å². The number of hydrogen-bond acceptors (Lipinski definition) is 6. The fraction of sp³-hybridized carbons (Fsp3) is 0.611. The predicted molar refractivity (Wildman–Crippen MR) is 101 cm³/mol. The van der Waals surface area contributed by atoms with Crippen molar-refractivity contribution in [3.63, 3.8) is 0 Å². The highest BCUT2D eigenvalue weighted by Gasteiger charge is 2.26. The fourth-order valence-electron chi connectivity index (χ4n) is 4.06. The number of aromatic nitrogens is 2. The summed E-state index contributed by atoms with van der Waals surface area (Å²) in [6, 6.07) is 0. The van der Waals surface area contributed by atoms with Gasteiger partial charge in [0.25, 0.3) is 0 Å². The number of amides is 1. The van der Waals surface area contributed by atoms with E-state index in [1.165, 1.54) is 28.7 Å². The number of nitrogens with two attached hydrogens (primary N) is 1. The van der Waals surface area contributed by atoms with E-state index in [0.717, 1.165) is 55.6 Å². The van der Waals surface area contributed by atoms with E-state index in [1.54, 1.807) is 6.33 Å². The number of thiophene rings is 1. The number of carbonyl (C=O) groups is 1. The van der Waals surface area contributed by atoms with Crippen LogP contribution in [0.2, 0.25) is 0 Å². The van der Waals surface area contributed by atoms with Gasteiger partial charge in [0.2, 0.25) is 5.91 Å². The number of fused-ring (bicyclic) bond motifs is 3. The summed E-state index contributed by atoms with van der Waals surface area (Å²) in [4.78, 5) is 27.6. The van der Waals surface area contributed by atoms with Crippen LogP contribution in [0, 0.1) is 5.92 Å². The summed E-state index contributed by atoms with van der Waals surface area (Å²) in [5.41, 5.74) is 6.83. The van der Waals surface area contributed by atoms with Gasteiger partial charge in [0, 0.05) is 31.1 Å². The van der Waals surface area contributed by atoms with E-state index < -0.39 is 0 Å². The van der Waals surface area contributed by atoms with E-state index in [-0.39, 0.29) is 5.91 Å². The third-order valence-corrected chi connectivity index (χ3v) is 6.50. The Labute approximate surface area is 152 Å². The molecule has 6 nitrogen and oxygen atoms in total. The van der Waals surface area contributed by atoms with Gasteiger partial charge in [-0.25, -0.2) is 9.97 Å². The molecule has 0 saturated carbocycles. The summed E-state index contributed by atoms with van der Waals surface area (Å²) in [6.45, 7) is 6.27. The molecule has 25 heavy (non-hydrogen) atoms. The number of nitrogens with zero attached hydrogens (tertiary/aromatic N) is 4. The Morgan fingerprint density at radius 2 is 2.20 bits per heavy atom. The van der Waals surface area contributed by atoms with E-state index in [0.29, 0.717) is 6.54 Å². The molecule has 1 saturated heterocycles. The molecule has 2 aromatic rings. The Bertz CT molecular complexity index is 789. The summed E-state index contributed by atoms with van der Waals surface area (Å²) in [7, 11) is 0. The average molecular weight is 359 g/mol. The van der Waals surface area contributed by atoms with Crippen LogP contribution in [0.1, 0.15) is 30.2 Å². The molecule has 0 bridgehead atoms. The smallest absolute Gasteiger partial charge is 0.231 e. The lowest BCUT2D eigenvalue weighted by Gasteiger charge is -2.24. The molecule has 2 aromatic heterocycles. The second-order valence-corrected chi connectivity index (χ2v) is 8.40. The monoisotopic (exact) mass is 359 g/mol. The van der Waals surface area contributed by atoms with Gasteiger partial charge < -0.3 is 10.6 Å². The fourth-order valence-corrected chi connectivity index (χ4v) is 5.40. The van der Waals surface area contributed by atoms with Crippen molar-refractivity contribution in [1.82, 2.24) is 14.9 Å². The topological polar surface area (TPSA) is 75.3 Å². The molecule has 0 spiro atoms. The van der Waals surface area contributed by atoms with Gasteiger partial charge in [-0.15, -0.1) is 11.3 Å². The molecule has 3 heterocycles. The van der Waals surface area contributed by atoms with Gasteiger partial charge >= 0.3 is 0 Å². The molecule has 1 atom stereocenters. The van der Waals surface area contributed by atoms with Crippen LogP contribution in [0.25, 0.3) is 10.2 Å². The molecule has 1 aliphatic carbocycles. The third kappa shape index (κ3) is 3.35. The van der Waals surface area contributed by atoms with E-state index in [9.17, 15) is 4.79 Å². The molecular formula is C18H25N5OS. The Kier molecular flexibility index (Phi) is 4.60. The van der Waals surface area contributed by atoms with Crippen molar-refractivity contribution in [2.24, 2.45) is 11.7 Å². The minimum absolute atomic E-state index is 0.251. The molecule has 4 rings (SSSR count). The minimum Gasteiger partial charge on any atom is -0.369 e. The predicted octanol–water partition coefficient (Wildman–Crippen LogP) is 1.81. The Balaban J connectivity index is 1.64. The first-order valence-corrected chi connectivity index (χ1v) is 9.94. The summed E-state index contributed by atoms with van der Waals surface area (Å²) in [6.07, 6.45) is 6.28. The number of anilines is 1. The number of primary amides is 1. The molecule has 1 fully saturated rings. The van der Waals surface area contributed by atoms with Crippen LogP contribution >= 0.6 is 11.3 Å². The Morgan fingerprint density at radius 3 is 3.04 bits per heavy atom. The van der Waals surface area contributed by atoms with Crippen molar-refractivity contribution in [3.8, 4) is 0 Å². The van der Waals surface area contributed by atoms with Gasteiger partial charge in [-0.2, -0.15) is 0 Å². The van der Waals surface area contributed by atoms with Crippen molar-refractivity contribution in [1.29, 1.82) is 0 Å². The molecule has 1 aliphatic heterocycles. The molecule has 2 aliphatic rings. The quantitative estimate of drug-likeness (QED) is 0.905. The highest BCUT2D eigenvalue weighted by Crippen LogP contribution is 2.40. The zero-order chi connectivity index (χ0) is 17.4. The first kappa shape index (κ1) is 16.7. The molecule has 2 N–H and O–H groups in total. The minimum atomic E-state index is -0.251. The van der Waals surface area contributed by atoms with Crippen LogP contribution in [0.3, 0.4) is 0 Å². The van der Waals surface area contributed by atoms with Gasteiger partial charge in [-0.3, -0.25) is 9.69 Å². The molecule has 7 heteroatoms. The van der Waals surface area contributed by atoms with Gasteiger partial charge in [0.05, 0.1) is 11.9 Å². The van der Waals surface area contributed by atoms with Crippen LogP contribution in [-0.4, -0.2) is 53.5 Å². The summed E-state index contributed by atoms with van der Waals surface area (Å²) < 4.78 is 0. The highest BCUT2D eigenvalue weighted by atomic mass is 32.1. The Morgan fingerprint density at radius 1 is 1.32 bits per heavy atom. The van der Waals surface area contributed by atoms with E-state index >= 15 is 0 Å². The summed E-state index contributed by atoms with van der Waals surface area (Å²) in [5.74, 6) is 1.59. The summed E-state index contributed by atoms with van der Waals surface area (Å²) in [5, 5.41) is 1.28. The average Bonchev–Trinajstić information content (AvgIpc) is 2.78. The molecule has 134 valence electrons. The lowest BCUT2D eigenvalue weighted by molar-refractivity contribution is -0.119. The van der Waals surface area contributed by atoms with Crippen molar-refractivity contribution < 1.29 is 4.79 Å². The maximum atomic E-state index is 11.2. The zero-order valence-corrected chi connectivity index (χ0v) is 15.5. The van der Waals surface area contributed by atoms with Crippen molar-refractivity contribution >= 4 is 33.3 Å². The number of carbonyl (C=O) groups excluding carboxylic acids is 1. The largest absolute Gasteiger partial charge is 0.369 e. The second kappa shape index (κ2) is 6.88. The van der Waals surface area contributed by atoms with E-state index in [1.807, 2.05) is 11.3 Å². The number of hydrogen-bond donors (Lipinski definition) is 1. The zero-order valence-electron chi connectivity index (χ0n) is 14.7. The first-order valence-electron chi connectivity index (χ1n) is 9.12. The lowest BCUT2D eigenvalue weighted by Crippen LogP contribution is -2.36. The van der Waals surface area contributed by atoms with Gasteiger partial charge in [0.1, 0.15) is 17.0 Å². The van der Waals surface area contributed by atoms with E-state index in [4.69, 9.17) is 5.73 Å². The van der Waals surface area contributed by atoms with Crippen LogP contribution in [-0.2, 0) is 17.6 Å². The second-order valence-electron chi connectivity index (χ2n) is 7.31. The van der Waals surface area contributed by atoms with Gasteiger partial charge in [-0.1, -0.05) is 6.92 Å². The third-order valence-electron chi connectivity index (χ3n) is 5.34. The summed E-state index contributed by atoms with van der Waals surface area (Å²) >= 11 is 1.85. The van der Waals surface area contributed by atoms with Crippen LogP contribution < -0.4 is 10.6 Å². The standard InChI is InChI=1S/C18H25N5OS/c1-12-3-4-13-14(9-12)25-18-16(13)17(20-11-21-18)23-6-2-5-22(7-8-23)10-15(19)24/h11-12H,2-10H2,1H3,(H2,19,24)/t12-/m1/s1. The highest BCUT2D eigenvalue weighted by molar-refractivity contribution is 7.19. The SMILES string of the molecule is C[C@@H]1CCc2c(sc3ncnc(N4CCCN(CC(N)=O)CC4)c23)C1. The van der Waals surface area contributed by atoms with Crippen LogP contribution in [0.5, 0.6) is 0 Å². The maximum Gasteiger partial charge on any atom is 0.231 e. The van der Waals surface area contributed by atoms with E-state index in [2.05, 4.69) is 26.7 Å².